The summed E-state index contributed by atoms with van der Waals surface area (Å²) < 4.78 is 24.4. The van der Waals surface area contributed by atoms with E-state index in [1.807, 2.05) is 0 Å². The zero-order chi connectivity index (χ0) is 15.6. The molecule has 3 rings (SSSR count). The molecule has 1 saturated heterocycles. The molecule has 3 aliphatic rings. The van der Waals surface area contributed by atoms with Crippen molar-refractivity contribution in [3.63, 3.8) is 0 Å². The summed E-state index contributed by atoms with van der Waals surface area (Å²) in [5.41, 5.74) is -0.549. The number of amidine groups is 1. The number of amides is 1. The van der Waals surface area contributed by atoms with Gasteiger partial charge < -0.3 is 10.6 Å². The summed E-state index contributed by atoms with van der Waals surface area (Å²) in [5, 5.41) is 6.26. The van der Waals surface area contributed by atoms with Gasteiger partial charge >= 0.3 is 0 Å². The van der Waals surface area contributed by atoms with Crippen LogP contribution in [-0.4, -0.2) is 36.8 Å². The van der Waals surface area contributed by atoms with Crippen molar-refractivity contribution < 1.29 is 13.6 Å². The summed E-state index contributed by atoms with van der Waals surface area (Å²) in [4.78, 5) is 17.1. The number of nitrogens with zero attached hydrogens (tertiary/aromatic N) is 1. The van der Waals surface area contributed by atoms with Gasteiger partial charge in [0.05, 0.1) is 0 Å². The van der Waals surface area contributed by atoms with Gasteiger partial charge in [0.15, 0.2) is 0 Å². The first-order chi connectivity index (χ1) is 10.6. The first-order valence-electron chi connectivity index (χ1n) is 8.17. The van der Waals surface area contributed by atoms with Gasteiger partial charge in [-0.3, -0.25) is 9.79 Å². The number of hydrogen-bond acceptors (Lipinski definition) is 3. The predicted octanol–water partition coefficient (Wildman–Crippen LogP) is 2.90. The van der Waals surface area contributed by atoms with Crippen LogP contribution in [0.1, 0.15) is 46.0 Å². The molecule has 2 fully saturated rings. The van der Waals surface area contributed by atoms with Crippen LogP contribution in [0.15, 0.2) is 17.1 Å². The predicted molar refractivity (Wildman–Crippen MR) is 87.7 cm³/mol. The highest BCUT2D eigenvalue weighted by atomic mass is 19.3. The van der Waals surface area contributed by atoms with Crippen molar-refractivity contribution in [3.05, 3.63) is 12.2 Å². The lowest BCUT2D eigenvalue weighted by molar-refractivity contribution is -0.124. The molecule has 23 heavy (non-hydrogen) atoms. The molecule has 1 aliphatic carbocycles. The molecule has 0 aromatic heterocycles. The monoisotopic (exact) mass is 327 g/mol. The minimum atomic E-state index is -2.36. The second kappa shape index (κ2) is 7.51. The zero-order valence-corrected chi connectivity index (χ0v) is 12.7. The highest BCUT2D eigenvalue weighted by molar-refractivity contribution is 6.09. The second-order valence-electron chi connectivity index (χ2n) is 6.56. The van der Waals surface area contributed by atoms with E-state index in [4.69, 9.17) is 4.99 Å². The average Bonchev–Trinajstić information content (AvgIpc) is 2.83. The number of piperidine rings is 1. The van der Waals surface area contributed by atoms with E-state index in [1.54, 1.807) is 6.08 Å². The first-order valence-corrected chi connectivity index (χ1v) is 8.17. The topological polar surface area (TPSA) is 53.5 Å². The molecule has 0 aromatic carbocycles. The Kier molecular flexibility index (Phi) is 5.89. The SMILES string of the molecule is C.O=C1NC(C2CCC(/C=C/C(F)F)CC2)=NC12CCNCC2. The molecular weight excluding hydrogens is 300 g/mol. The summed E-state index contributed by atoms with van der Waals surface area (Å²) in [5.74, 6) is 1.39. The molecule has 6 heteroatoms. The van der Waals surface area contributed by atoms with Crippen LogP contribution in [0.3, 0.4) is 0 Å². The van der Waals surface area contributed by atoms with Crippen LogP contribution in [0.2, 0.25) is 0 Å². The van der Waals surface area contributed by atoms with Crippen molar-refractivity contribution in [2.24, 2.45) is 16.8 Å². The van der Waals surface area contributed by atoms with Crippen LogP contribution >= 0.6 is 0 Å². The summed E-state index contributed by atoms with van der Waals surface area (Å²) in [6.07, 6.45) is 5.38. The van der Waals surface area contributed by atoms with Gasteiger partial charge in [-0.15, -0.1) is 0 Å². The Morgan fingerprint density at radius 1 is 1.17 bits per heavy atom. The lowest BCUT2D eigenvalue weighted by Crippen LogP contribution is -2.47. The molecule has 1 spiro atoms. The van der Waals surface area contributed by atoms with Crippen molar-refractivity contribution >= 4 is 11.7 Å². The maximum atomic E-state index is 12.3. The summed E-state index contributed by atoms with van der Waals surface area (Å²) in [7, 11) is 0. The number of hydrogen-bond donors (Lipinski definition) is 2. The standard InChI is InChI=1S/C16H23F2N3O.CH4/c17-13(18)6-3-11-1-4-12(5-2-11)14-20-15(22)16(21-14)7-9-19-10-8-16;/h3,6,11-13,19H,1-2,4-5,7-10H2,(H,20,21,22);1H4/b6-3+;. The molecule has 0 radical (unpaired) electrons. The molecule has 0 atom stereocenters. The smallest absolute Gasteiger partial charge is 0.257 e. The molecule has 2 N–H and O–H groups in total. The Balaban J connectivity index is 0.00000192. The van der Waals surface area contributed by atoms with E-state index in [-0.39, 0.29) is 25.2 Å². The highest BCUT2D eigenvalue weighted by Crippen LogP contribution is 2.34. The van der Waals surface area contributed by atoms with E-state index < -0.39 is 12.0 Å². The summed E-state index contributed by atoms with van der Waals surface area (Å²) in [6.45, 7) is 1.66. The van der Waals surface area contributed by atoms with E-state index in [0.29, 0.717) is 0 Å². The fourth-order valence-corrected chi connectivity index (χ4v) is 3.74. The van der Waals surface area contributed by atoms with Gasteiger partial charge in [-0.1, -0.05) is 13.5 Å². The maximum Gasteiger partial charge on any atom is 0.257 e. The van der Waals surface area contributed by atoms with Crippen LogP contribution in [0.4, 0.5) is 8.78 Å². The van der Waals surface area contributed by atoms with Crippen molar-refractivity contribution in [1.29, 1.82) is 0 Å². The number of nitrogens with one attached hydrogen (secondary N) is 2. The second-order valence-corrected chi connectivity index (χ2v) is 6.56. The zero-order valence-electron chi connectivity index (χ0n) is 12.7. The van der Waals surface area contributed by atoms with Gasteiger partial charge in [0, 0.05) is 5.92 Å². The van der Waals surface area contributed by atoms with Gasteiger partial charge in [0.25, 0.3) is 12.3 Å². The van der Waals surface area contributed by atoms with Crippen molar-refractivity contribution in [1.82, 2.24) is 10.6 Å². The maximum absolute atomic E-state index is 12.3. The Bertz CT molecular complexity index is 476. The number of carbonyl (C=O) groups excluding carboxylic acids is 1. The molecule has 0 unspecified atom stereocenters. The van der Waals surface area contributed by atoms with Gasteiger partial charge in [-0.05, 0) is 63.6 Å². The number of alkyl halides is 2. The minimum Gasteiger partial charge on any atom is -0.317 e. The van der Waals surface area contributed by atoms with E-state index in [1.165, 1.54) is 0 Å². The number of allylic oxidation sites excluding steroid dienone is 2. The van der Waals surface area contributed by atoms with Crippen LogP contribution in [0.25, 0.3) is 0 Å². The molecule has 0 bridgehead atoms. The lowest BCUT2D eigenvalue weighted by Gasteiger charge is -2.28. The molecular formula is C17H27F2N3O. The average molecular weight is 327 g/mol. The highest BCUT2D eigenvalue weighted by Gasteiger charge is 2.45. The third kappa shape index (κ3) is 3.97. The molecule has 0 aromatic rings. The molecule has 130 valence electrons. The molecule has 2 heterocycles. The van der Waals surface area contributed by atoms with Gasteiger partial charge in [0.1, 0.15) is 11.4 Å². The fourth-order valence-electron chi connectivity index (χ4n) is 3.74. The lowest BCUT2D eigenvalue weighted by atomic mass is 9.81. The van der Waals surface area contributed by atoms with E-state index >= 15 is 0 Å². The normalized spacial score (nSPS) is 30.4. The van der Waals surface area contributed by atoms with Crippen LogP contribution < -0.4 is 10.6 Å². The first kappa shape index (κ1) is 18.0. The van der Waals surface area contributed by atoms with E-state index in [9.17, 15) is 13.6 Å². The molecule has 4 nitrogen and oxygen atoms in total. The quantitative estimate of drug-likeness (QED) is 0.783. The third-order valence-electron chi connectivity index (χ3n) is 5.12. The Morgan fingerprint density at radius 3 is 2.43 bits per heavy atom. The molecule has 1 saturated carbocycles. The Hall–Kier alpha value is -1.30. The van der Waals surface area contributed by atoms with Gasteiger partial charge in [-0.25, -0.2) is 8.78 Å². The number of rotatable bonds is 3. The fraction of sp³-hybridized carbons (Fsp3) is 0.765. The van der Waals surface area contributed by atoms with Crippen molar-refractivity contribution in [2.75, 3.05) is 13.1 Å². The Labute approximate surface area is 136 Å². The third-order valence-corrected chi connectivity index (χ3v) is 5.12. The number of aliphatic imine (C=N–C) groups is 1. The summed E-state index contributed by atoms with van der Waals surface area (Å²) >= 11 is 0. The van der Waals surface area contributed by atoms with Gasteiger partial charge in [0.2, 0.25) is 0 Å². The summed E-state index contributed by atoms with van der Waals surface area (Å²) in [6, 6.07) is 0. The molecule has 1 amide bonds. The van der Waals surface area contributed by atoms with Crippen LogP contribution in [0.5, 0.6) is 0 Å². The number of halogens is 2. The Morgan fingerprint density at radius 2 is 1.83 bits per heavy atom. The van der Waals surface area contributed by atoms with Crippen molar-refractivity contribution in [3.8, 4) is 0 Å². The number of carbonyl (C=O) groups is 1. The van der Waals surface area contributed by atoms with Crippen LogP contribution in [0, 0.1) is 11.8 Å². The van der Waals surface area contributed by atoms with Gasteiger partial charge in [-0.2, -0.15) is 0 Å². The van der Waals surface area contributed by atoms with Crippen molar-refractivity contribution in [2.45, 2.75) is 57.9 Å². The largest absolute Gasteiger partial charge is 0.317 e. The van der Waals surface area contributed by atoms with Crippen LogP contribution in [-0.2, 0) is 4.79 Å². The minimum absolute atomic E-state index is 0. The van der Waals surface area contributed by atoms with E-state index in [0.717, 1.165) is 63.5 Å². The van der Waals surface area contributed by atoms with E-state index in [2.05, 4.69) is 10.6 Å². The molecule has 2 aliphatic heterocycles.